The largest absolute Gasteiger partial charge is 0.491 e. The molecular formula is C25H27N3O5. The van der Waals surface area contributed by atoms with Gasteiger partial charge in [-0.15, -0.1) is 0 Å². The molecule has 33 heavy (non-hydrogen) atoms. The SMILES string of the molecule is CC(C)COc1ccc(NC(=O)C2(c3ccc([N+](=O)[O-])cc3)CCOCC2)c2cccnc12. The van der Waals surface area contributed by atoms with Crippen molar-refractivity contribution in [2.45, 2.75) is 32.1 Å². The third-order valence-corrected chi connectivity index (χ3v) is 5.96. The summed E-state index contributed by atoms with van der Waals surface area (Å²) in [6, 6.07) is 13.6. The van der Waals surface area contributed by atoms with E-state index in [9.17, 15) is 14.9 Å². The van der Waals surface area contributed by atoms with Crippen LogP contribution in [-0.2, 0) is 14.9 Å². The van der Waals surface area contributed by atoms with Gasteiger partial charge in [0.05, 0.1) is 22.6 Å². The average molecular weight is 450 g/mol. The Bertz CT molecular complexity index is 1150. The Labute approximate surface area is 192 Å². The molecule has 0 saturated carbocycles. The number of non-ortho nitro benzene ring substituents is 1. The lowest BCUT2D eigenvalue weighted by molar-refractivity contribution is -0.384. The summed E-state index contributed by atoms with van der Waals surface area (Å²) < 4.78 is 11.5. The quantitative estimate of drug-likeness (QED) is 0.408. The molecule has 1 amide bonds. The van der Waals surface area contributed by atoms with Crippen molar-refractivity contribution in [3.05, 3.63) is 70.4 Å². The minimum atomic E-state index is -0.839. The van der Waals surface area contributed by atoms with Crippen molar-refractivity contribution in [3.8, 4) is 5.75 Å². The first-order valence-electron chi connectivity index (χ1n) is 11.1. The third kappa shape index (κ3) is 4.66. The number of nitro benzene ring substituents is 1. The van der Waals surface area contributed by atoms with Gasteiger partial charge in [-0.05, 0) is 48.6 Å². The Morgan fingerprint density at radius 1 is 1.18 bits per heavy atom. The highest BCUT2D eigenvalue weighted by molar-refractivity contribution is 6.06. The summed E-state index contributed by atoms with van der Waals surface area (Å²) in [6.45, 7) is 5.61. The predicted octanol–water partition coefficient (Wildman–Crippen LogP) is 4.86. The molecule has 1 aliphatic rings. The molecule has 1 aromatic heterocycles. The average Bonchev–Trinajstić information content (AvgIpc) is 2.84. The van der Waals surface area contributed by atoms with Crippen LogP contribution in [0.25, 0.3) is 10.9 Å². The van der Waals surface area contributed by atoms with Crippen LogP contribution >= 0.6 is 0 Å². The van der Waals surface area contributed by atoms with E-state index >= 15 is 0 Å². The van der Waals surface area contributed by atoms with Crippen molar-refractivity contribution in [2.75, 3.05) is 25.1 Å². The zero-order valence-corrected chi connectivity index (χ0v) is 18.7. The summed E-state index contributed by atoms with van der Waals surface area (Å²) in [6.07, 6.45) is 2.68. The maximum Gasteiger partial charge on any atom is 0.269 e. The number of aromatic nitrogens is 1. The van der Waals surface area contributed by atoms with Gasteiger partial charge in [0.1, 0.15) is 11.3 Å². The third-order valence-electron chi connectivity index (χ3n) is 5.96. The van der Waals surface area contributed by atoms with Crippen molar-refractivity contribution in [1.29, 1.82) is 0 Å². The van der Waals surface area contributed by atoms with E-state index in [0.29, 0.717) is 55.5 Å². The Morgan fingerprint density at radius 3 is 2.58 bits per heavy atom. The molecule has 1 fully saturated rings. The van der Waals surface area contributed by atoms with E-state index in [0.717, 1.165) is 10.9 Å². The van der Waals surface area contributed by atoms with Crippen LogP contribution < -0.4 is 10.1 Å². The molecule has 0 spiro atoms. The maximum atomic E-state index is 13.7. The van der Waals surface area contributed by atoms with Crippen molar-refractivity contribution in [2.24, 2.45) is 5.92 Å². The van der Waals surface area contributed by atoms with Gasteiger partial charge < -0.3 is 14.8 Å². The number of pyridine rings is 1. The summed E-state index contributed by atoms with van der Waals surface area (Å²) in [5, 5.41) is 15.0. The summed E-state index contributed by atoms with van der Waals surface area (Å²) in [5.74, 6) is 0.882. The Balaban J connectivity index is 1.67. The number of nitrogens with zero attached hydrogens (tertiary/aromatic N) is 2. The van der Waals surface area contributed by atoms with Crippen LogP contribution in [-0.4, -0.2) is 35.6 Å². The van der Waals surface area contributed by atoms with E-state index in [1.165, 1.54) is 12.1 Å². The molecule has 1 saturated heterocycles. The molecule has 2 heterocycles. The number of ether oxygens (including phenoxy) is 2. The fourth-order valence-electron chi connectivity index (χ4n) is 4.14. The van der Waals surface area contributed by atoms with Crippen molar-refractivity contribution in [3.63, 3.8) is 0 Å². The number of hydrogen-bond acceptors (Lipinski definition) is 6. The van der Waals surface area contributed by atoms with Crippen LogP contribution in [0.2, 0.25) is 0 Å². The Hall–Kier alpha value is -3.52. The van der Waals surface area contributed by atoms with Gasteiger partial charge in [0, 0.05) is 36.9 Å². The second-order valence-electron chi connectivity index (χ2n) is 8.67. The van der Waals surface area contributed by atoms with E-state index < -0.39 is 10.3 Å². The number of benzene rings is 2. The van der Waals surface area contributed by atoms with Gasteiger partial charge in [-0.25, -0.2) is 0 Å². The number of fused-ring (bicyclic) bond motifs is 1. The molecule has 8 heteroatoms. The molecule has 0 radical (unpaired) electrons. The van der Waals surface area contributed by atoms with Crippen LogP contribution in [0.3, 0.4) is 0 Å². The van der Waals surface area contributed by atoms with Crippen molar-refractivity contribution in [1.82, 2.24) is 4.98 Å². The minimum absolute atomic E-state index is 0.00424. The van der Waals surface area contributed by atoms with Crippen molar-refractivity contribution < 1.29 is 19.2 Å². The Kier molecular flexibility index (Phi) is 6.55. The minimum Gasteiger partial charge on any atom is -0.491 e. The second kappa shape index (κ2) is 9.54. The van der Waals surface area contributed by atoms with Gasteiger partial charge in [-0.1, -0.05) is 26.0 Å². The van der Waals surface area contributed by atoms with E-state index in [1.54, 1.807) is 18.3 Å². The van der Waals surface area contributed by atoms with Crippen LogP contribution in [0.15, 0.2) is 54.7 Å². The monoisotopic (exact) mass is 449 g/mol. The first kappa shape index (κ1) is 22.7. The molecule has 8 nitrogen and oxygen atoms in total. The number of carbonyl (C=O) groups excluding carboxylic acids is 1. The number of amides is 1. The van der Waals surface area contributed by atoms with E-state index in [1.807, 2.05) is 24.3 Å². The fourth-order valence-corrected chi connectivity index (χ4v) is 4.14. The van der Waals surface area contributed by atoms with E-state index in [4.69, 9.17) is 9.47 Å². The molecule has 0 bridgehead atoms. The molecule has 1 N–H and O–H groups in total. The molecule has 0 aliphatic carbocycles. The zero-order chi connectivity index (χ0) is 23.4. The Morgan fingerprint density at radius 2 is 1.91 bits per heavy atom. The zero-order valence-electron chi connectivity index (χ0n) is 18.7. The van der Waals surface area contributed by atoms with Gasteiger partial charge in [0.2, 0.25) is 5.91 Å². The highest BCUT2D eigenvalue weighted by Gasteiger charge is 2.42. The second-order valence-corrected chi connectivity index (χ2v) is 8.67. The van der Waals surface area contributed by atoms with Gasteiger partial charge in [0.15, 0.2) is 0 Å². The first-order chi connectivity index (χ1) is 15.9. The number of carbonyl (C=O) groups is 1. The molecule has 4 rings (SSSR count). The molecule has 0 unspecified atom stereocenters. The summed E-state index contributed by atoms with van der Waals surface area (Å²) >= 11 is 0. The standard InChI is InChI=1S/C25H27N3O5/c1-17(2)16-33-22-10-9-21(20-4-3-13-26-23(20)22)27-24(29)25(11-14-32-15-12-25)18-5-7-19(8-6-18)28(30)31/h3-10,13,17H,11-12,14-16H2,1-2H3,(H,27,29). The summed E-state index contributed by atoms with van der Waals surface area (Å²) in [4.78, 5) is 28.8. The van der Waals surface area contributed by atoms with Crippen LogP contribution in [0.4, 0.5) is 11.4 Å². The normalized spacial score (nSPS) is 15.4. The number of nitrogens with one attached hydrogen (secondary N) is 1. The number of hydrogen-bond donors (Lipinski definition) is 1. The van der Waals surface area contributed by atoms with Crippen LogP contribution in [0, 0.1) is 16.0 Å². The van der Waals surface area contributed by atoms with Gasteiger partial charge >= 0.3 is 0 Å². The van der Waals surface area contributed by atoms with Crippen LogP contribution in [0.1, 0.15) is 32.3 Å². The molecule has 172 valence electrons. The fraction of sp³-hybridized carbons (Fsp3) is 0.360. The molecule has 1 aliphatic heterocycles. The summed E-state index contributed by atoms with van der Waals surface area (Å²) in [5.41, 5.74) is 1.23. The lowest BCUT2D eigenvalue weighted by atomic mass is 9.73. The number of rotatable bonds is 7. The van der Waals surface area contributed by atoms with E-state index in [-0.39, 0.29) is 11.6 Å². The lowest BCUT2D eigenvalue weighted by Gasteiger charge is -2.36. The van der Waals surface area contributed by atoms with Gasteiger partial charge in [-0.3, -0.25) is 19.9 Å². The maximum absolute atomic E-state index is 13.7. The molecule has 2 aromatic carbocycles. The van der Waals surface area contributed by atoms with Crippen LogP contribution in [0.5, 0.6) is 5.75 Å². The molecular weight excluding hydrogens is 422 g/mol. The van der Waals surface area contributed by atoms with Crippen molar-refractivity contribution >= 4 is 28.2 Å². The van der Waals surface area contributed by atoms with Gasteiger partial charge in [0.25, 0.3) is 5.69 Å². The topological polar surface area (TPSA) is 104 Å². The first-order valence-corrected chi connectivity index (χ1v) is 11.1. The van der Waals surface area contributed by atoms with Gasteiger partial charge in [-0.2, -0.15) is 0 Å². The number of nitro groups is 1. The predicted molar refractivity (Wildman–Crippen MR) is 126 cm³/mol. The molecule has 3 aromatic rings. The molecule has 0 atom stereocenters. The highest BCUT2D eigenvalue weighted by atomic mass is 16.6. The highest BCUT2D eigenvalue weighted by Crippen LogP contribution is 2.38. The summed E-state index contributed by atoms with van der Waals surface area (Å²) in [7, 11) is 0. The number of anilines is 1. The smallest absolute Gasteiger partial charge is 0.269 e. The lowest BCUT2D eigenvalue weighted by Crippen LogP contribution is -2.44. The van der Waals surface area contributed by atoms with E-state index in [2.05, 4.69) is 24.1 Å².